The maximum absolute atomic E-state index is 12.7. The van der Waals surface area contributed by atoms with Crippen LogP contribution in [0.4, 0.5) is 5.13 Å². The van der Waals surface area contributed by atoms with Gasteiger partial charge in [0, 0.05) is 47.0 Å². The summed E-state index contributed by atoms with van der Waals surface area (Å²) in [6, 6.07) is 17.9. The van der Waals surface area contributed by atoms with Crippen LogP contribution in [0.2, 0.25) is 0 Å². The van der Waals surface area contributed by atoms with E-state index in [4.69, 9.17) is 0 Å². The molecule has 0 aliphatic heterocycles. The van der Waals surface area contributed by atoms with Crippen molar-refractivity contribution >= 4 is 49.4 Å². The summed E-state index contributed by atoms with van der Waals surface area (Å²) >= 11 is 0.735. The minimum Gasteiger partial charge on any atom is -0.342 e. The Labute approximate surface area is 194 Å². The predicted molar refractivity (Wildman–Crippen MR) is 127 cm³/mol. The number of hydrogen-bond acceptors (Lipinski definition) is 7. The number of carbonyl (C=O) groups is 1. The molecule has 2 aromatic heterocycles. The lowest BCUT2D eigenvalue weighted by molar-refractivity contribution is -0.112. The fourth-order valence-electron chi connectivity index (χ4n) is 3.41. The molecule has 0 spiro atoms. The van der Waals surface area contributed by atoms with E-state index < -0.39 is 15.7 Å². The van der Waals surface area contributed by atoms with Crippen molar-refractivity contribution in [1.82, 2.24) is 13.9 Å². The van der Waals surface area contributed by atoms with Gasteiger partial charge in [0.05, 0.1) is 0 Å². The van der Waals surface area contributed by atoms with Gasteiger partial charge in [-0.3, -0.25) is 10.1 Å². The highest BCUT2D eigenvalue weighted by atomic mass is 32.2. The molecular weight excluding hydrogens is 458 g/mol. The van der Waals surface area contributed by atoms with Crippen LogP contribution in [0.3, 0.4) is 0 Å². The molecule has 0 unspecified atom stereocenters. The molecule has 0 radical (unpaired) electrons. The summed E-state index contributed by atoms with van der Waals surface area (Å²) in [5.74, 6) is -0.691. The van der Waals surface area contributed by atoms with E-state index in [1.165, 1.54) is 11.6 Å². The standard InChI is InChI=1S/C23H19N5O3S2/c1-15-6-5-7-16(10-15)13-28-14-18(19-8-3-4-9-20(19)28)11-17(12-24)21(29)25-22-26-23(27-32-22)33(2,30)31/h3-11,14H,13H2,1-2H3,(H,25,26,27,29)/b17-11-. The maximum atomic E-state index is 12.7. The lowest BCUT2D eigenvalue weighted by atomic mass is 10.1. The summed E-state index contributed by atoms with van der Waals surface area (Å²) in [4.78, 5) is 16.5. The van der Waals surface area contributed by atoms with Gasteiger partial charge < -0.3 is 4.57 Å². The largest absolute Gasteiger partial charge is 0.342 e. The summed E-state index contributed by atoms with van der Waals surface area (Å²) < 4.78 is 28.9. The second-order valence-corrected chi connectivity index (χ2v) is 10.2. The molecule has 2 aromatic carbocycles. The van der Waals surface area contributed by atoms with Crippen LogP contribution in [0.25, 0.3) is 17.0 Å². The zero-order valence-corrected chi connectivity index (χ0v) is 19.4. The molecule has 0 aliphatic carbocycles. The summed E-state index contributed by atoms with van der Waals surface area (Å²) in [7, 11) is -3.59. The quantitative estimate of drug-likeness (QED) is 0.333. The molecule has 8 nitrogen and oxygen atoms in total. The van der Waals surface area contributed by atoms with Crippen LogP contribution >= 0.6 is 11.5 Å². The summed E-state index contributed by atoms with van der Waals surface area (Å²) in [6.07, 6.45) is 4.40. The number of nitriles is 1. The van der Waals surface area contributed by atoms with Gasteiger partial charge >= 0.3 is 0 Å². The number of anilines is 1. The van der Waals surface area contributed by atoms with Gasteiger partial charge in [-0.05, 0) is 24.6 Å². The fourth-order valence-corrected chi connectivity index (χ4v) is 4.85. The first-order valence-electron chi connectivity index (χ1n) is 9.85. The van der Waals surface area contributed by atoms with Crippen molar-refractivity contribution in [2.45, 2.75) is 18.6 Å². The summed E-state index contributed by atoms with van der Waals surface area (Å²) in [5.41, 5.74) is 3.87. The van der Waals surface area contributed by atoms with Gasteiger partial charge in [-0.2, -0.15) is 14.6 Å². The van der Waals surface area contributed by atoms with Crippen LogP contribution in [-0.2, 0) is 21.2 Å². The van der Waals surface area contributed by atoms with E-state index in [0.717, 1.165) is 39.8 Å². The van der Waals surface area contributed by atoms with Gasteiger partial charge in [0.25, 0.3) is 11.1 Å². The third-order valence-electron chi connectivity index (χ3n) is 4.88. The van der Waals surface area contributed by atoms with Crippen molar-refractivity contribution in [3.63, 3.8) is 0 Å². The highest BCUT2D eigenvalue weighted by Gasteiger charge is 2.18. The lowest BCUT2D eigenvalue weighted by Gasteiger charge is -2.06. The van der Waals surface area contributed by atoms with Crippen LogP contribution in [0.1, 0.15) is 16.7 Å². The number of nitrogens with zero attached hydrogens (tertiary/aromatic N) is 4. The third kappa shape index (κ3) is 5.00. The number of carbonyl (C=O) groups excluding carboxylic acids is 1. The summed E-state index contributed by atoms with van der Waals surface area (Å²) in [5, 5.41) is 12.6. The Morgan fingerprint density at radius 1 is 1.24 bits per heavy atom. The summed E-state index contributed by atoms with van der Waals surface area (Å²) in [6.45, 7) is 2.68. The number of aromatic nitrogens is 3. The highest BCUT2D eigenvalue weighted by molar-refractivity contribution is 7.90. The van der Waals surface area contributed by atoms with Crippen molar-refractivity contribution in [2.24, 2.45) is 0 Å². The van der Waals surface area contributed by atoms with Gasteiger partial charge in [0.15, 0.2) is 0 Å². The number of rotatable bonds is 6. The molecule has 166 valence electrons. The Morgan fingerprint density at radius 2 is 2.03 bits per heavy atom. The van der Waals surface area contributed by atoms with Crippen molar-refractivity contribution in [3.8, 4) is 6.07 Å². The van der Waals surface area contributed by atoms with E-state index in [0.29, 0.717) is 6.54 Å². The van der Waals surface area contributed by atoms with Gasteiger partial charge in [0.1, 0.15) is 11.6 Å². The van der Waals surface area contributed by atoms with E-state index in [2.05, 4.69) is 31.4 Å². The van der Waals surface area contributed by atoms with Gasteiger partial charge in [0.2, 0.25) is 15.0 Å². The van der Waals surface area contributed by atoms with E-state index in [1.807, 2.05) is 55.6 Å². The molecule has 0 saturated carbocycles. The molecule has 0 aliphatic rings. The normalized spacial score (nSPS) is 12.0. The minimum absolute atomic E-state index is 0.00320. The number of para-hydroxylation sites is 1. The first-order chi connectivity index (χ1) is 15.7. The second kappa shape index (κ2) is 8.97. The second-order valence-electron chi connectivity index (χ2n) is 7.50. The van der Waals surface area contributed by atoms with Crippen LogP contribution in [0, 0.1) is 18.3 Å². The molecule has 10 heteroatoms. The number of nitrogens with one attached hydrogen (secondary N) is 1. The first-order valence-corrected chi connectivity index (χ1v) is 12.5. The molecule has 0 fully saturated rings. The topological polar surface area (TPSA) is 118 Å². The van der Waals surface area contributed by atoms with Crippen molar-refractivity contribution in [1.29, 1.82) is 5.26 Å². The molecule has 1 amide bonds. The van der Waals surface area contributed by atoms with Crippen LogP contribution < -0.4 is 5.32 Å². The highest BCUT2D eigenvalue weighted by Crippen LogP contribution is 2.25. The number of hydrogen-bond donors (Lipinski definition) is 1. The molecular formula is C23H19N5O3S2. The van der Waals surface area contributed by atoms with Gasteiger partial charge in [-0.15, -0.1) is 0 Å². The molecule has 0 saturated heterocycles. The Morgan fingerprint density at radius 3 is 2.73 bits per heavy atom. The Bertz CT molecular complexity index is 1540. The lowest BCUT2D eigenvalue weighted by Crippen LogP contribution is -2.13. The molecule has 0 atom stereocenters. The average molecular weight is 478 g/mol. The predicted octanol–water partition coefficient (Wildman–Crippen LogP) is 3.80. The SMILES string of the molecule is Cc1cccc(Cn2cc(/C=C(/C#N)C(=O)Nc3nc(S(C)(=O)=O)ns3)c3ccccc32)c1. The zero-order chi connectivity index (χ0) is 23.6. The molecule has 33 heavy (non-hydrogen) atoms. The molecule has 4 aromatic rings. The fraction of sp³-hybridized carbons (Fsp3) is 0.130. The van der Waals surface area contributed by atoms with E-state index in [1.54, 1.807) is 0 Å². The number of benzene rings is 2. The Kier molecular flexibility index (Phi) is 6.09. The monoisotopic (exact) mass is 477 g/mol. The van der Waals surface area contributed by atoms with Crippen LogP contribution in [0.5, 0.6) is 0 Å². The van der Waals surface area contributed by atoms with Crippen LogP contribution in [0.15, 0.2) is 65.5 Å². The molecule has 2 heterocycles. The average Bonchev–Trinajstić information content (AvgIpc) is 3.37. The molecule has 4 rings (SSSR count). The van der Waals surface area contributed by atoms with E-state index >= 15 is 0 Å². The van der Waals surface area contributed by atoms with Gasteiger partial charge in [-0.1, -0.05) is 48.0 Å². The van der Waals surface area contributed by atoms with Crippen LogP contribution in [-0.4, -0.2) is 34.5 Å². The molecule has 1 N–H and O–H groups in total. The number of sulfone groups is 1. The minimum atomic E-state index is -3.59. The number of amides is 1. The van der Waals surface area contributed by atoms with Gasteiger partial charge in [-0.25, -0.2) is 8.42 Å². The van der Waals surface area contributed by atoms with Crippen molar-refractivity contribution in [3.05, 3.63) is 77.0 Å². The Balaban J connectivity index is 1.66. The zero-order valence-electron chi connectivity index (χ0n) is 17.8. The first kappa shape index (κ1) is 22.4. The third-order valence-corrected chi connectivity index (χ3v) is 6.47. The Hall–Kier alpha value is -3.81. The maximum Gasteiger partial charge on any atom is 0.268 e. The number of aryl methyl sites for hydroxylation is 1. The smallest absolute Gasteiger partial charge is 0.268 e. The molecule has 0 bridgehead atoms. The van der Waals surface area contributed by atoms with E-state index in [9.17, 15) is 18.5 Å². The van der Waals surface area contributed by atoms with Crippen molar-refractivity contribution in [2.75, 3.05) is 11.6 Å². The number of fused-ring (bicyclic) bond motifs is 1. The van der Waals surface area contributed by atoms with Crippen molar-refractivity contribution < 1.29 is 13.2 Å². The van der Waals surface area contributed by atoms with E-state index in [-0.39, 0.29) is 15.9 Å².